The topological polar surface area (TPSA) is 94.2 Å². The van der Waals surface area contributed by atoms with E-state index in [0.717, 1.165) is 5.69 Å². The fourth-order valence-corrected chi connectivity index (χ4v) is 4.83. The molecule has 1 amide bonds. The van der Waals surface area contributed by atoms with Crippen molar-refractivity contribution in [3.63, 3.8) is 0 Å². The van der Waals surface area contributed by atoms with Gasteiger partial charge in [0.05, 0.1) is 12.0 Å². The molecule has 30 heavy (non-hydrogen) atoms. The Labute approximate surface area is 174 Å². The quantitative estimate of drug-likeness (QED) is 0.582. The van der Waals surface area contributed by atoms with Crippen LogP contribution in [0.15, 0.2) is 60.2 Å². The van der Waals surface area contributed by atoms with Gasteiger partial charge in [0, 0.05) is 18.3 Å². The van der Waals surface area contributed by atoms with Crippen LogP contribution in [0.5, 0.6) is 0 Å². The van der Waals surface area contributed by atoms with E-state index in [1.165, 1.54) is 4.90 Å². The van der Waals surface area contributed by atoms with Gasteiger partial charge in [-0.2, -0.15) is 10.5 Å². The molecule has 0 saturated heterocycles. The Bertz CT molecular complexity index is 1160. The fraction of sp³-hybridized carbons (Fsp3) is 0.250. The Hall–Kier alpha value is -3.90. The van der Waals surface area contributed by atoms with Crippen LogP contribution >= 0.6 is 0 Å². The first kappa shape index (κ1) is 19.4. The van der Waals surface area contributed by atoms with Gasteiger partial charge < -0.3 is 9.64 Å². The minimum atomic E-state index is -1.44. The molecule has 0 bridgehead atoms. The van der Waals surface area contributed by atoms with Crippen LogP contribution in [0.4, 0.5) is 5.69 Å². The highest BCUT2D eigenvalue weighted by molar-refractivity contribution is 6.19. The molecule has 2 aliphatic rings. The molecule has 1 spiro atoms. The Balaban J connectivity index is 2.06. The lowest BCUT2D eigenvalue weighted by atomic mass is 9.77. The largest absolute Gasteiger partial charge is 0.465 e. The summed E-state index contributed by atoms with van der Waals surface area (Å²) in [6, 6.07) is 20.0. The summed E-state index contributed by atoms with van der Waals surface area (Å²) in [5, 5.41) is 19.5. The van der Waals surface area contributed by atoms with Crippen molar-refractivity contribution < 1.29 is 14.3 Å². The number of hydrogen-bond donors (Lipinski definition) is 0. The Morgan fingerprint density at radius 3 is 2.37 bits per heavy atom. The zero-order valence-electron chi connectivity index (χ0n) is 16.7. The van der Waals surface area contributed by atoms with Gasteiger partial charge in [-0.3, -0.25) is 9.59 Å². The summed E-state index contributed by atoms with van der Waals surface area (Å²) >= 11 is 0. The predicted molar refractivity (Wildman–Crippen MR) is 110 cm³/mol. The molecule has 2 aromatic rings. The van der Waals surface area contributed by atoms with E-state index in [9.17, 15) is 20.1 Å². The summed E-state index contributed by atoms with van der Waals surface area (Å²) in [7, 11) is 1.67. The number of nitriles is 2. The third-order valence-electron chi connectivity index (χ3n) is 6.12. The molecule has 0 N–H and O–H groups in total. The van der Waals surface area contributed by atoms with Gasteiger partial charge in [-0.15, -0.1) is 0 Å². The van der Waals surface area contributed by atoms with Crippen LogP contribution < -0.4 is 4.90 Å². The molecule has 0 unspecified atom stereocenters. The Morgan fingerprint density at radius 1 is 1.10 bits per heavy atom. The molecule has 1 aliphatic carbocycles. The molecule has 2 atom stereocenters. The second-order valence-electron chi connectivity index (χ2n) is 7.43. The Morgan fingerprint density at radius 2 is 1.73 bits per heavy atom. The average Bonchev–Trinajstić information content (AvgIpc) is 3.43. The number of rotatable bonds is 4. The maximum atomic E-state index is 13.5. The molecule has 4 rings (SSSR count). The van der Waals surface area contributed by atoms with Crippen molar-refractivity contribution in [2.24, 2.45) is 5.41 Å². The number of carbonyl (C=O) groups is 2. The van der Waals surface area contributed by atoms with E-state index < -0.39 is 16.8 Å². The van der Waals surface area contributed by atoms with Crippen molar-refractivity contribution in [1.29, 1.82) is 10.5 Å². The van der Waals surface area contributed by atoms with Gasteiger partial charge in [-0.05, 0) is 30.5 Å². The highest BCUT2D eigenvalue weighted by Crippen LogP contribution is 2.75. The number of fused-ring (bicyclic) bond motifs is 2. The molecule has 0 aromatic heterocycles. The first-order valence-corrected chi connectivity index (χ1v) is 9.64. The maximum absolute atomic E-state index is 13.5. The van der Waals surface area contributed by atoms with Crippen molar-refractivity contribution >= 4 is 23.1 Å². The van der Waals surface area contributed by atoms with E-state index in [-0.39, 0.29) is 30.1 Å². The second kappa shape index (κ2) is 6.86. The summed E-state index contributed by atoms with van der Waals surface area (Å²) in [5.41, 5.74) is -0.584. The molecule has 1 heterocycles. The molecule has 148 valence electrons. The maximum Gasteiger partial charge on any atom is 0.318 e. The molecular formula is C24H19N3O3. The number of anilines is 1. The first-order valence-electron chi connectivity index (χ1n) is 9.64. The minimum Gasteiger partial charge on any atom is -0.465 e. The number of para-hydroxylation sites is 1. The number of allylic oxidation sites excluding steroid dienone is 1. The van der Waals surface area contributed by atoms with Crippen LogP contribution in [0.1, 0.15) is 24.5 Å². The third kappa shape index (κ3) is 2.28. The van der Waals surface area contributed by atoms with Gasteiger partial charge in [-0.25, -0.2) is 0 Å². The summed E-state index contributed by atoms with van der Waals surface area (Å²) in [5.74, 6) is -0.828. The summed E-state index contributed by atoms with van der Waals surface area (Å²) in [4.78, 5) is 28.5. The summed E-state index contributed by atoms with van der Waals surface area (Å²) in [6.07, 6.45) is 0.149. The number of amides is 1. The van der Waals surface area contributed by atoms with Gasteiger partial charge in [-0.1, -0.05) is 48.5 Å². The smallest absolute Gasteiger partial charge is 0.318 e. The molecule has 6 nitrogen and oxygen atoms in total. The van der Waals surface area contributed by atoms with Gasteiger partial charge in [0.15, 0.2) is 0 Å². The fourth-order valence-electron chi connectivity index (χ4n) is 4.83. The highest BCUT2D eigenvalue weighted by Gasteiger charge is 2.82. The first-order chi connectivity index (χ1) is 14.5. The molecule has 1 saturated carbocycles. The number of carbonyl (C=O) groups excluding carboxylic acids is 2. The van der Waals surface area contributed by atoms with E-state index in [2.05, 4.69) is 0 Å². The SMILES string of the molecule is CCOC(=O)[C@]1(C(=C(C#N)C#N)c2ccccc2)C[C@@]12C(=O)N(C)c1ccccc12. The summed E-state index contributed by atoms with van der Waals surface area (Å²) < 4.78 is 5.43. The van der Waals surface area contributed by atoms with E-state index in [0.29, 0.717) is 11.1 Å². The normalized spacial score (nSPS) is 23.3. The number of esters is 1. The van der Waals surface area contributed by atoms with Crippen LogP contribution in [0, 0.1) is 28.1 Å². The molecule has 1 aliphatic heterocycles. The average molecular weight is 397 g/mol. The van der Waals surface area contributed by atoms with Crippen molar-refractivity contribution in [3.05, 3.63) is 71.3 Å². The zero-order chi connectivity index (χ0) is 21.5. The van der Waals surface area contributed by atoms with Crippen LogP contribution in [0.3, 0.4) is 0 Å². The highest BCUT2D eigenvalue weighted by atomic mass is 16.5. The lowest BCUT2D eigenvalue weighted by Gasteiger charge is -2.24. The zero-order valence-corrected chi connectivity index (χ0v) is 16.7. The molecular weight excluding hydrogens is 378 g/mol. The van der Waals surface area contributed by atoms with E-state index in [4.69, 9.17) is 4.74 Å². The minimum absolute atomic E-state index is 0.124. The molecule has 1 fully saturated rings. The number of nitrogens with zero attached hydrogens (tertiary/aromatic N) is 3. The van der Waals surface area contributed by atoms with E-state index >= 15 is 0 Å². The van der Waals surface area contributed by atoms with Crippen LogP contribution in [0.2, 0.25) is 0 Å². The van der Waals surface area contributed by atoms with Crippen LogP contribution in [-0.2, 0) is 19.7 Å². The molecule has 2 aromatic carbocycles. The number of benzene rings is 2. The van der Waals surface area contributed by atoms with Crippen molar-refractivity contribution in [2.45, 2.75) is 18.8 Å². The molecule has 6 heteroatoms. The van der Waals surface area contributed by atoms with E-state index in [1.54, 1.807) is 38.2 Å². The number of likely N-dealkylation sites (N-methyl/N-ethyl adjacent to an activating group) is 1. The molecule has 0 radical (unpaired) electrons. The van der Waals surface area contributed by atoms with Crippen LogP contribution in [0.25, 0.3) is 5.57 Å². The van der Waals surface area contributed by atoms with Crippen molar-refractivity contribution in [3.8, 4) is 12.1 Å². The standard InChI is InChI=1S/C24H19N3O3/c1-3-30-22(29)24(20(17(13-25)14-26)16-9-5-4-6-10-16)15-23(24)18-11-7-8-12-19(18)27(2)21(23)28/h4-12H,3,15H2,1-2H3/t23-,24-/m1/s1. The lowest BCUT2D eigenvalue weighted by molar-refractivity contribution is -0.149. The predicted octanol–water partition coefficient (Wildman–Crippen LogP) is 3.35. The third-order valence-corrected chi connectivity index (χ3v) is 6.12. The van der Waals surface area contributed by atoms with Crippen LogP contribution in [-0.4, -0.2) is 25.5 Å². The van der Waals surface area contributed by atoms with Crippen molar-refractivity contribution in [2.75, 3.05) is 18.6 Å². The monoisotopic (exact) mass is 397 g/mol. The van der Waals surface area contributed by atoms with Gasteiger partial charge in [0.1, 0.15) is 23.1 Å². The van der Waals surface area contributed by atoms with E-state index in [1.807, 2.05) is 42.5 Å². The second-order valence-corrected chi connectivity index (χ2v) is 7.43. The van der Waals surface area contributed by atoms with Gasteiger partial charge >= 0.3 is 5.97 Å². The van der Waals surface area contributed by atoms with Gasteiger partial charge in [0.2, 0.25) is 5.91 Å². The number of ether oxygens (including phenoxy) is 1. The van der Waals surface area contributed by atoms with Gasteiger partial charge in [0.25, 0.3) is 0 Å². The summed E-state index contributed by atoms with van der Waals surface area (Å²) in [6.45, 7) is 1.82. The number of hydrogen-bond acceptors (Lipinski definition) is 5. The van der Waals surface area contributed by atoms with Crippen molar-refractivity contribution in [1.82, 2.24) is 0 Å². The lowest BCUT2D eigenvalue weighted by Crippen LogP contribution is -2.37. The Kier molecular flexibility index (Phi) is 4.44.